The Balaban J connectivity index is 2.06. The van der Waals surface area contributed by atoms with Crippen LogP contribution in [0.2, 0.25) is 0 Å². The number of carbonyl (C=O) groups excluding carboxylic acids is 1. The Labute approximate surface area is 118 Å². The van der Waals surface area contributed by atoms with Crippen molar-refractivity contribution in [2.75, 3.05) is 0 Å². The van der Waals surface area contributed by atoms with Gasteiger partial charge in [-0.05, 0) is 29.2 Å². The summed E-state index contributed by atoms with van der Waals surface area (Å²) in [5.74, 6) is -0.244. The molecule has 0 aliphatic heterocycles. The van der Waals surface area contributed by atoms with Gasteiger partial charge >= 0.3 is 5.97 Å². The third-order valence-electron chi connectivity index (χ3n) is 3.12. The van der Waals surface area contributed by atoms with Gasteiger partial charge in [0.2, 0.25) is 0 Å². The molecule has 0 atom stereocenters. The topological polar surface area (TPSA) is 46.5 Å². The zero-order chi connectivity index (χ0) is 14.5. The lowest BCUT2D eigenvalue weighted by Gasteiger charge is -2.10. The van der Waals surface area contributed by atoms with E-state index in [4.69, 9.17) is 4.74 Å². The molecule has 0 unspecified atom stereocenters. The van der Waals surface area contributed by atoms with Crippen LogP contribution < -0.4 is 0 Å². The Kier molecular flexibility index (Phi) is 4.41. The first-order valence-corrected chi connectivity index (χ1v) is 6.62. The minimum Gasteiger partial charge on any atom is -0.507 e. The van der Waals surface area contributed by atoms with Crippen molar-refractivity contribution < 1.29 is 14.6 Å². The van der Waals surface area contributed by atoms with Crippen LogP contribution >= 0.6 is 0 Å². The highest BCUT2D eigenvalue weighted by atomic mass is 16.5. The maximum absolute atomic E-state index is 11.9. The van der Waals surface area contributed by atoms with Gasteiger partial charge in [-0.1, -0.05) is 50.2 Å². The van der Waals surface area contributed by atoms with Gasteiger partial charge in [-0.2, -0.15) is 0 Å². The van der Waals surface area contributed by atoms with Crippen molar-refractivity contribution in [2.24, 2.45) is 0 Å². The lowest BCUT2D eigenvalue weighted by Crippen LogP contribution is -2.06. The number of aromatic hydroxyl groups is 1. The van der Waals surface area contributed by atoms with E-state index in [2.05, 4.69) is 0 Å². The van der Waals surface area contributed by atoms with Crippen molar-refractivity contribution in [3.05, 3.63) is 65.2 Å². The Morgan fingerprint density at radius 2 is 1.85 bits per heavy atom. The first kappa shape index (κ1) is 14.1. The average Bonchev–Trinajstić information content (AvgIpc) is 2.45. The van der Waals surface area contributed by atoms with Crippen LogP contribution in [0.5, 0.6) is 5.75 Å². The fraction of sp³-hybridized carbons (Fsp3) is 0.235. The summed E-state index contributed by atoms with van der Waals surface area (Å²) < 4.78 is 5.20. The number of esters is 1. The Hall–Kier alpha value is -2.29. The third-order valence-corrected chi connectivity index (χ3v) is 3.12. The van der Waals surface area contributed by atoms with Gasteiger partial charge in [-0.25, -0.2) is 4.79 Å². The summed E-state index contributed by atoms with van der Waals surface area (Å²) in [6.45, 7) is 4.26. The maximum atomic E-state index is 11.9. The van der Waals surface area contributed by atoms with E-state index in [1.807, 2.05) is 50.2 Å². The van der Waals surface area contributed by atoms with Gasteiger partial charge in [0.25, 0.3) is 0 Å². The molecule has 3 heteroatoms. The molecule has 0 saturated carbocycles. The first-order valence-electron chi connectivity index (χ1n) is 6.62. The lowest BCUT2D eigenvalue weighted by molar-refractivity contribution is 0.0469. The molecule has 2 aromatic rings. The van der Waals surface area contributed by atoms with Crippen LogP contribution in [0.1, 0.15) is 41.3 Å². The van der Waals surface area contributed by atoms with Crippen molar-refractivity contribution in [1.29, 1.82) is 0 Å². The summed E-state index contributed by atoms with van der Waals surface area (Å²) in [4.78, 5) is 11.9. The van der Waals surface area contributed by atoms with Gasteiger partial charge in [-0.15, -0.1) is 0 Å². The maximum Gasteiger partial charge on any atom is 0.342 e. The summed E-state index contributed by atoms with van der Waals surface area (Å²) in [6.07, 6.45) is 0. The van der Waals surface area contributed by atoms with E-state index in [-0.39, 0.29) is 17.9 Å². The van der Waals surface area contributed by atoms with Crippen molar-refractivity contribution in [2.45, 2.75) is 26.4 Å². The molecule has 0 radical (unpaired) electrons. The van der Waals surface area contributed by atoms with Gasteiger partial charge in [0.15, 0.2) is 0 Å². The molecular weight excluding hydrogens is 252 g/mol. The first-order chi connectivity index (χ1) is 9.58. The van der Waals surface area contributed by atoms with E-state index in [1.165, 1.54) is 0 Å². The van der Waals surface area contributed by atoms with Crippen LogP contribution in [0, 0.1) is 0 Å². The van der Waals surface area contributed by atoms with Gasteiger partial charge in [-0.3, -0.25) is 0 Å². The normalized spacial score (nSPS) is 10.6. The predicted octanol–water partition coefficient (Wildman–Crippen LogP) is 3.87. The molecule has 0 heterocycles. The molecule has 0 aromatic heterocycles. The van der Waals surface area contributed by atoms with E-state index in [0.29, 0.717) is 5.92 Å². The van der Waals surface area contributed by atoms with E-state index in [9.17, 15) is 9.90 Å². The molecule has 3 nitrogen and oxygen atoms in total. The molecule has 0 bridgehead atoms. The van der Waals surface area contributed by atoms with E-state index >= 15 is 0 Å². The molecule has 2 aromatic carbocycles. The van der Waals surface area contributed by atoms with Crippen molar-refractivity contribution in [3.63, 3.8) is 0 Å². The summed E-state index contributed by atoms with van der Waals surface area (Å²) in [7, 11) is 0. The molecule has 0 aliphatic carbocycles. The fourth-order valence-electron chi connectivity index (χ4n) is 1.88. The third kappa shape index (κ3) is 3.38. The highest BCUT2D eigenvalue weighted by Crippen LogP contribution is 2.24. The number of phenols is 1. The molecule has 0 amide bonds. The zero-order valence-corrected chi connectivity index (χ0v) is 11.7. The van der Waals surface area contributed by atoms with Crippen LogP contribution in [0.3, 0.4) is 0 Å². The quantitative estimate of drug-likeness (QED) is 0.858. The van der Waals surface area contributed by atoms with Gasteiger partial charge in [0, 0.05) is 0 Å². The van der Waals surface area contributed by atoms with E-state index < -0.39 is 5.97 Å². The van der Waals surface area contributed by atoms with Crippen molar-refractivity contribution >= 4 is 5.97 Å². The molecule has 0 aliphatic rings. The number of ether oxygens (including phenoxy) is 1. The van der Waals surface area contributed by atoms with Crippen molar-refractivity contribution in [3.8, 4) is 5.75 Å². The molecule has 0 spiro atoms. The van der Waals surface area contributed by atoms with Crippen LogP contribution in [0.4, 0.5) is 0 Å². The summed E-state index contributed by atoms with van der Waals surface area (Å²) in [5, 5.41) is 9.91. The number of carbonyl (C=O) groups is 1. The Morgan fingerprint density at radius 3 is 2.45 bits per heavy atom. The summed E-state index contributed by atoms with van der Waals surface area (Å²) in [5.41, 5.74) is 2.10. The molecule has 2 rings (SSSR count). The second-order valence-corrected chi connectivity index (χ2v) is 4.99. The van der Waals surface area contributed by atoms with E-state index in [0.717, 1.165) is 11.1 Å². The zero-order valence-electron chi connectivity index (χ0n) is 11.7. The fourth-order valence-corrected chi connectivity index (χ4v) is 1.88. The molecule has 104 valence electrons. The van der Waals surface area contributed by atoms with Gasteiger partial charge in [0.1, 0.15) is 17.9 Å². The number of phenolic OH excluding ortho intramolecular Hbond substituents is 1. The Morgan fingerprint density at radius 1 is 1.15 bits per heavy atom. The van der Waals surface area contributed by atoms with Crippen molar-refractivity contribution in [1.82, 2.24) is 0 Å². The summed E-state index contributed by atoms with van der Waals surface area (Å²) >= 11 is 0. The number of hydrogen-bond donors (Lipinski definition) is 1. The molecule has 1 N–H and O–H groups in total. The van der Waals surface area contributed by atoms with E-state index in [1.54, 1.807) is 12.1 Å². The minimum absolute atomic E-state index is 0.0331. The largest absolute Gasteiger partial charge is 0.507 e. The smallest absolute Gasteiger partial charge is 0.342 e. The number of hydrogen-bond acceptors (Lipinski definition) is 3. The SMILES string of the molecule is CC(C)c1ccc(C(=O)OCc2ccccc2)c(O)c1. The minimum atomic E-state index is -0.512. The molecule has 0 saturated heterocycles. The van der Waals surface area contributed by atoms with Gasteiger partial charge < -0.3 is 9.84 Å². The number of rotatable bonds is 4. The lowest BCUT2D eigenvalue weighted by atomic mass is 10.0. The molecular formula is C17H18O3. The number of benzene rings is 2. The second kappa shape index (κ2) is 6.24. The molecule has 0 fully saturated rings. The second-order valence-electron chi connectivity index (χ2n) is 4.99. The van der Waals surface area contributed by atoms with Crippen LogP contribution in [0.25, 0.3) is 0 Å². The average molecular weight is 270 g/mol. The molecule has 20 heavy (non-hydrogen) atoms. The monoisotopic (exact) mass is 270 g/mol. The van der Waals surface area contributed by atoms with Gasteiger partial charge in [0.05, 0.1) is 0 Å². The Bertz CT molecular complexity index is 588. The van der Waals surface area contributed by atoms with Crippen LogP contribution in [-0.2, 0) is 11.3 Å². The van der Waals surface area contributed by atoms with Crippen LogP contribution in [0.15, 0.2) is 48.5 Å². The highest BCUT2D eigenvalue weighted by Gasteiger charge is 2.14. The highest BCUT2D eigenvalue weighted by molar-refractivity contribution is 5.92. The predicted molar refractivity (Wildman–Crippen MR) is 77.8 cm³/mol. The standard InChI is InChI=1S/C17H18O3/c1-12(2)14-8-9-15(16(18)10-14)17(19)20-11-13-6-4-3-5-7-13/h3-10,12,18H,11H2,1-2H3. The van der Waals surface area contributed by atoms with Crippen LogP contribution in [-0.4, -0.2) is 11.1 Å². The summed E-state index contributed by atoms with van der Waals surface area (Å²) in [6, 6.07) is 14.5.